The molecule has 138 valence electrons. The highest BCUT2D eigenvalue weighted by Gasteiger charge is 2.20. The van der Waals surface area contributed by atoms with Gasteiger partial charge in [0.1, 0.15) is 17.9 Å². The van der Waals surface area contributed by atoms with Crippen LogP contribution in [0, 0.1) is 17.0 Å². The number of nitrogens with zero attached hydrogens (tertiary/aromatic N) is 1. The summed E-state index contributed by atoms with van der Waals surface area (Å²) >= 11 is 0. The molecule has 3 rings (SSSR count). The minimum Gasteiger partial charge on any atom is -0.490 e. The van der Waals surface area contributed by atoms with Crippen molar-refractivity contribution in [2.75, 3.05) is 13.2 Å². The maximum Gasteiger partial charge on any atom is 0.280 e. The lowest BCUT2D eigenvalue weighted by Gasteiger charge is -2.12. The van der Waals surface area contributed by atoms with Gasteiger partial charge in [0.15, 0.2) is 0 Å². The fourth-order valence-corrected chi connectivity index (χ4v) is 2.78. The Morgan fingerprint density at radius 3 is 2.33 bits per heavy atom. The van der Waals surface area contributed by atoms with E-state index in [4.69, 9.17) is 9.47 Å². The molecule has 0 aliphatic rings. The highest BCUT2D eigenvalue weighted by molar-refractivity contribution is 5.79. The fourth-order valence-electron chi connectivity index (χ4n) is 2.78. The summed E-state index contributed by atoms with van der Waals surface area (Å²) in [5.74, 6) is 0.483. The topological polar surface area (TPSA) is 61.6 Å². The average molecular weight is 363 g/mol. The van der Waals surface area contributed by atoms with Crippen molar-refractivity contribution < 1.29 is 14.4 Å². The molecule has 27 heavy (non-hydrogen) atoms. The van der Waals surface area contributed by atoms with Gasteiger partial charge in [-0.05, 0) is 24.1 Å². The lowest BCUT2D eigenvalue weighted by Crippen LogP contribution is -2.08. The van der Waals surface area contributed by atoms with Crippen LogP contribution in [0.5, 0.6) is 5.75 Å². The van der Waals surface area contributed by atoms with Crippen molar-refractivity contribution in [2.24, 2.45) is 0 Å². The predicted molar refractivity (Wildman–Crippen MR) is 105 cm³/mol. The summed E-state index contributed by atoms with van der Waals surface area (Å²) < 4.78 is 11.4. The minimum absolute atomic E-state index is 0.0292. The monoisotopic (exact) mass is 363 g/mol. The summed E-state index contributed by atoms with van der Waals surface area (Å²) in [6.45, 7) is 3.19. The Labute approximate surface area is 158 Å². The molecule has 0 radical (unpaired) electrons. The Balaban J connectivity index is 1.70. The van der Waals surface area contributed by atoms with Gasteiger partial charge < -0.3 is 9.47 Å². The standard InChI is InChI=1S/C22H21NO4/c1-17-10-12-19(13-11-17)22-20(23(24)25)8-5-9-21(22)27-15-14-26-16-18-6-3-2-4-7-18/h2-13H,14-16H2,1H3. The van der Waals surface area contributed by atoms with Crippen LogP contribution >= 0.6 is 0 Å². The van der Waals surface area contributed by atoms with Crippen molar-refractivity contribution >= 4 is 5.69 Å². The van der Waals surface area contributed by atoms with Crippen LogP contribution in [-0.2, 0) is 11.3 Å². The summed E-state index contributed by atoms with van der Waals surface area (Å²) in [6, 6.07) is 22.4. The number of ether oxygens (including phenoxy) is 2. The van der Waals surface area contributed by atoms with E-state index in [1.807, 2.05) is 61.5 Å². The van der Waals surface area contributed by atoms with Gasteiger partial charge in [-0.3, -0.25) is 10.1 Å². The Kier molecular flexibility index (Phi) is 6.18. The van der Waals surface area contributed by atoms with Gasteiger partial charge in [0.2, 0.25) is 0 Å². The van der Waals surface area contributed by atoms with Crippen LogP contribution in [0.2, 0.25) is 0 Å². The van der Waals surface area contributed by atoms with Crippen LogP contribution in [0.25, 0.3) is 11.1 Å². The SMILES string of the molecule is Cc1ccc(-c2c(OCCOCc3ccccc3)cccc2[N+](=O)[O-])cc1. The van der Waals surface area contributed by atoms with Crippen molar-refractivity contribution in [2.45, 2.75) is 13.5 Å². The molecule has 0 atom stereocenters. The Morgan fingerprint density at radius 2 is 1.63 bits per heavy atom. The van der Waals surface area contributed by atoms with Crippen LogP contribution in [0.15, 0.2) is 72.8 Å². The van der Waals surface area contributed by atoms with E-state index in [1.165, 1.54) is 6.07 Å². The van der Waals surface area contributed by atoms with Gasteiger partial charge in [-0.1, -0.05) is 66.2 Å². The second-order valence-corrected chi connectivity index (χ2v) is 6.16. The number of rotatable bonds is 8. The Bertz CT molecular complexity index is 892. The number of benzene rings is 3. The second kappa shape index (κ2) is 8.96. The normalized spacial score (nSPS) is 10.6. The smallest absolute Gasteiger partial charge is 0.280 e. The Morgan fingerprint density at radius 1 is 0.889 bits per heavy atom. The quantitative estimate of drug-likeness (QED) is 0.315. The van der Waals surface area contributed by atoms with Gasteiger partial charge in [-0.2, -0.15) is 0 Å². The third kappa shape index (κ3) is 4.92. The molecule has 0 bridgehead atoms. The molecule has 0 unspecified atom stereocenters. The summed E-state index contributed by atoms with van der Waals surface area (Å²) in [5.41, 5.74) is 3.46. The molecular weight excluding hydrogens is 342 g/mol. The van der Waals surface area contributed by atoms with Crippen LogP contribution in [-0.4, -0.2) is 18.1 Å². The summed E-state index contributed by atoms with van der Waals surface area (Å²) in [7, 11) is 0. The molecule has 0 fully saturated rings. The molecule has 5 nitrogen and oxygen atoms in total. The van der Waals surface area contributed by atoms with E-state index >= 15 is 0 Å². The van der Waals surface area contributed by atoms with Crippen molar-refractivity contribution in [3.05, 3.63) is 94.0 Å². The molecule has 0 heterocycles. The zero-order chi connectivity index (χ0) is 19.1. The van der Waals surface area contributed by atoms with Crippen molar-refractivity contribution in [1.29, 1.82) is 0 Å². The van der Waals surface area contributed by atoms with Crippen LogP contribution < -0.4 is 4.74 Å². The van der Waals surface area contributed by atoms with Gasteiger partial charge in [0.25, 0.3) is 5.69 Å². The highest BCUT2D eigenvalue weighted by atomic mass is 16.6. The van der Waals surface area contributed by atoms with Gasteiger partial charge in [-0.15, -0.1) is 0 Å². The largest absolute Gasteiger partial charge is 0.490 e. The molecular formula is C22H21NO4. The molecule has 5 heteroatoms. The highest BCUT2D eigenvalue weighted by Crippen LogP contribution is 2.38. The van der Waals surface area contributed by atoms with E-state index in [0.717, 1.165) is 16.7 Å². The molecule has 0 N–H and O–H groups in total. The average Bonchev–Trinajstić information content (AvgIpc) is 2.69. The predicted octanol–water partition coefficient (Wildman–Crippen LogP) is 5.17. The molecule has 0 aliphatic heterocycles. The van der Waals surface area contributed by atoms with Crippen LogP contribution in [0.4, 0.5) is 5.69 Å². The van der Waals surface area contributed by atoms with E-state index in [9.17, 15) is 10.1 Å². The number of hydrogen-bond donors (Lipinski definition) is 0. The van der Waals surface area contributed by atoms with Gasteiger partial charge in [0, 0.05) is 6.07 Å². The molecule has 0 spiro atoms. The van der Waals surface area contributed by atoms with Crippen molar-refractivity contribution in [1.82, 2.24) is 0 Å². The molecule has 3 aromatic rings. The van der Waals surface area contributed by atoms with Crippen molar-refractivity contribution in [3.8, 4) is 16.9 Å². The number of hydrogen-bond acceptors (Lipinski definition) is 4. The molecule has 0 aliphatic carbocycles. The van der Waals surface area contributed by atoms with Crippen LogP contribution in [0.3, 0.4) is 0 Å². The zero-order valence-corrected chi connectivity index (χ0v) is 15.1. The first-order chi connectivity index (χ1) is 13.1. The molecule has 0 saturated heterocycles. The molecule has 3 aromatic carbocycles. The second-order valence-electron chi connectivity index (χ2n) is 6.16. The van der Waals surface area contributed by atoms with Gasteiger partial charge in [0.05, 0.1) is 18.1 Å². The van der Waals surface area contributed by atoms with E-state index in [0.29, 0.717) is 31.1 Å². The maximum atomic E-state index is 11.5. The Hall–Kier alpha value is -3.18. The maximum absolute atomic E-state index is 11.5. The van der Waals surface area contributed by atoms with E-state index in [-0.39, 0.29) is 10.6 Å². The van der Waals surface area contributed by atoms with Crippen LogP contribution in [0.1, 0.15) is 11.1 Å². The lowest BCUT2D eigenvalue weighted by molar-refractivity contribution is -0.384. The number of nitro benzene ring substituents is 1. The van der Waals surface area contributed by atoms with Gasteiger partial charge >= 0.3 is 0 Å². The first-order valence-corrected chi connectivity index (χ1v) is 8.74. The summed E-state index contributed by atoms with van der Waals surface area (Å²) in [6.07, 6.45) is 0. The first-order valence-electron chi connectivity index (χ1n) is 8.74. The summed E-state index contributed by atoms with van der Waals surface area (Å²) in [5, 5.41) is 11.5. The summed E-state index contributed by atoms with van der Waals surface area (Å²) in [4.78, 5) is 11.1. The van der Waals surface area contributed by atoms with E-state index in [2.05, 4.69) is 0 Å². The zero-order valence-electron chi connectivity index (χ0n) is 15.1. The first kappa shape index (κ1) is 18.6. The number of aryl methyl sites for hydroxylation is 1. The minimum atomic E-state index is -0.381. The molecule has 0 aromatic heterocycles. The van der Waals surface area contributed by atoms with E-state index in [1.54, 1.807) is 12.1 Å². The third-order valence-electron chi connectivity index (χ3n) is 4.14. The van der Waals surface area contributed by atoms with E-state index < -0.39 is 0 Å². The van der Waals surface area contributed by atoms with Crippen molar-refractivity contribution in [3.63, 3.8) is 0 Å². The fraction of sp³-hybridized carbons (Fsp3) is 0.182. The third-order valence-corrected chi connectivity index (χ3v) is 4.14. The molecule has 0 amide bonds. The number of nitro groups is 1. The lowest BCUT2D eigenvalue weighted by atomic mass is 10.0. The molecule has 0 saturated carbocycles. The van der Waals surface area contributed by atoms with Gasteiger partial charge in [-0.25, -0.2) is 0 Å².